The minimum Gasteiger partial charge on any atom is -0.208 e. The van der Waals surface area contributed by atoms with Gasteiger partial charge in [-0.05, 0) is 43.5 Å². The van der Waals surface area contributed by atoms with Crippen molar-refractivity contribution in [2.45, 2.75) is 43.3 Å². The summed E-state index contributed by atoms with van der Waals surface area (Å²) in [5.74, 6) is 0. The Kier molecular flexibility index (Phi) is 3.61. The van der Waals surface area contributed by atoms with Gasteiger partial charge in [0.15, 0.2) is 0 Å². The first-order valence-electron chi connectivity index (χ1n) is 5.90. The van der Waals surface area contributed by atoms with E-state index in [1.807, 2.05) is 0 Å². The Morgan fingerprint density at radius 3 is 2.32 bits per heavy atom. The maximum absolute atomic E-state index is 12.7. The van der Waals surface area contributed by atoms with Gasteiger partial charge in [-0.15, -0.1) is 0 Å². The van der Waals surface area contributed by atoms with Gasteiger partial charge in [0.25, 0.3) is 0 Å². The molecule has 0 heterocycles. The highest BCUT2D eigenvalue weighted by Crippen LogP contribution is 2.32. The van der Waals surface area contributed by atoms with E-state index in [1.54, 1.807) is 0 Å². The van der Waals surface area contributed by atoms with E-state index in [0.29, 0.717) is 6.07 Å². The molecule has 0 radical (unpaired) electrons. The normalized spacial score (nSPS) is 17.3. The highest BCUT2D eigenvalue weighted by molar-refractivity contribution is 7.89. The Labute approximate surface area is 109 Å². The number of hydrogen-bond donors (Lipinski definition) is 1. The van der Waals surface area contributed by atoms with Gasteiger partial charge in [0.1, 0.15) is 0 Å². The van der Waals surface area contributed by atoms with Gasteiger partial charge in [0.05, 0.1) is 10.5 Å². The second kappa shape index (κ2) is 4.79. The Balaban J connectivity index is 2.36. The summed E-state index contributed by atoms with van der Waals surface area (Å²) in [5, 5.41) is 0. The monoisotopic (exact) mass is 293 g/mol. The van der Waals surface area contributed by atoms with Crippen molar-refractivity contribution < 1.29 is 21.6 Å². The molecule has 0 aromatic heterocycles. The Morgan fingerprint density at radius 1 is 1.21 bits per heavy atom. The van der Waals surface area contributed by atoms with Crippen molar-refractivity contribution in [3.05, 3.63) is 29.3 Å². The third kappa shape index (κ3) is 3.27. The summed E-state index contributed by atoms with van der Waals surface area (Å²) in [7, 11) is -3.88. The largest absolute Gasteiger partial charge is 0.416 e. The van der Waals surface area contributed by atoms with E-state index in [0.717, 1.165) is 25.3 Å². The number of alkyl halides is 3. The second-order valence-corrected chi connectivity index (χ2v) is 6.50. The molecule has 0 aliphatic heterocycles. The van der Waals surface area contributed by atoms with Gasteiger partial charge in [-0.3, -0.25) is 0 Å². The van der Waals surface area contributed by atoms with Gasteiger partial charge in [-0.2, -0.15) is 13.2 Å². The first-order chi connectivity index (χ1) is 8.68. The summed E-state index contributed by atoms with van der Waals surface area (Å²) in [5.41, 5.74) is -0.676. The van der Waals surface area contributed by atoms with Crippen LogP contribution in [0.25, 0.3) is 0 Å². The molecule has 1 aromatic rings. The van der Waals surface area contributed by atoms with Crippen molar-refractivity contribution in [2.24, 2.45) is 0 Å². The zero-order valence-corrected chi connectivity index (χ0v) is 11.1. The van der Waals surface area contributed by atoms with Crippen LogP contribution in [0.1, 0.15) is 30.4 Å². The zero-order chi connectivity index (χ0) is 14.3. The van der Waals surface area contributed by atoms with Crippen LogP contribution in [0, 0.1) is 6.92 Å². The highest BCUT2D eigenvalue weighted by Gasteiger charge is 2.33. The first kappa shape index (κ1) is 14.3. The average molecular weight is 293 g/mol. The van der Waals surface area contributed by atoms with Crippen LogP contribution in [0.4, 0.5) is 13.2 Å². The summed E-state index contributed by atoms with van der Waals surface area (Å²) in [6.45, 7) is 1.44. The fourth-order valence-corrected chi connectivity index (χ4v) is 3.31. The van der Waals surface area contributed by atoms with Crippen LogP contribution < -0.4 is 4.72 Å². The Hall–Kier alpha value is -1.08. The topological polar surface area (TPSA) is 46.2 Å². The fraction of sp³-hybridized carbons (Fsp3) is 0.500. The Morgan fingerprint density at radius 2 is 1.84 bits per heavy atom. The number of benzene rings is 1. The molecule has 0 unspecified atom stereocenters. The molecule has 2 rings (SSSR count). The van der Waals surface area contributed by atoms with Crippen LogP contribution in [0.15, 0.2) is 23.1 Å². The third-order valence-electron chi connectivity index (χ3n) is 3.12. The minimum atomic E-state index is -4.55. The number of aryl methyl sites for hydroxylation is 1. The van der Waals surface area contributed by atoms with Crippen molar-refractivity contribution in [3.63, 3.8) is 0 Å². The Bertz CT molecular complexity index is 577. The summed E-state index contributed by atoms with van der Waals surface area (Å²) >= 11 is 0. The molecule has 19 heavy (non-hydrogen) atoms. The molecule has 0 saturated heterocycles. The van der Waals surface area contributed by atoms with Gasteiger partial charge in [0, 0.05) is 6.04 Å². The second-order valence-electron chi connectivity index (χ2n) is 4.78. The molecule has 106 valence electrons. The summed E-state index contributed by atoms with van der Waals surface area (Å²) < 4.78 is 64.4. The predicted molar refractivity (Wildman–Crippen MR) is 64.1 cm³/mol. The van der Waals surface area contributed by atoms with Crippen molar-refractivity contribution >= 4 is 10.0 Å². The van der Waals surface area contributed by atoms with E-state index < -0.39 is 21.8 Å². The third-order valence-corrected chi connectivity index (χ3v) is 4.62. The molecule has 1 saturated carbocycles. The van der Waals surface area contributed by atoms with E-state index in [4.69, 9.17) is 0 Å². The molecule has 1 N–H and O–H groups in total. The van der Waals surface area contributed by atoms with Gasteiger partial charge in [-0.25, -0.2) is 13.1 Å². The standard InChI is InChI=1S/C12H14F3NO2S/c1-8-5-9(12(13,14)15)7-11(6-8)19(17,18)16-10-3-2-4-10/h5-7,10,16H,2-4H2,1H3. The quantitative estimate of drug-likeness (QED) is 0.931. The van der Waals surface area contributed by atoms with Gasteiger partial charge in [0.2, 0.25) is 10.0 Å². The molecule has 0 amide bonds. The molecule has 0 bridgehead atoms. The van der Waals surface area contributed by atoms with E-state index in [1.165, 1.54) is 13.0 Å². The van der Waals surface area contributed by atoms with Gasteiger partial charge >= 0.3 is 6.18 Å². The van der Waals surface area contributed by atoms with E-state index in [-0.39, 0.29) is 16.5 Å². The maximum Gasteiger partial charge on any atom is 0.416 e. The predicted octanol–water partition coefficient (Wildman–Crippen LogP) is 2.84. The average Bonchev–Trinajstić information content (AvgIpc) is 2.22. The lowest BCUT2D eigenvalue weighted by molar-refractivity contribution is -0.137. The molecule has 3 nitrogen and oxygen atoms in total. The lowest BCUT2D eigenvalue weighted by atomic mass is 9.94. The smallest absolute Gasteiger partial charge is 0.208 e. The van der Waals surface area contributed by atoms with Crippen molar-refractivity contribution in [1.29, 1.82) is 0 Å². The van der Waals surface area contributed by atoms with E-state index in [9.17, 15) is 21.6 Å². The maximum atomic E-state index is 12.7. The number of nitrogens with one attached hydrogen (secondary N) is 1. The molecule has 1 aliphatic carbocycles. The molecule has 0 atom stereocenters. The molecule has 1 aromatic carbocycles. The van der Waals surface area contributed by atoms with Crippen molar-refractivity contribution in [3.8, 4) is 0 Å². The summed E-state index contributed by atoms with van der Waals surface area (Å²) in [6, 6.07) is 2.70. The van der Waals surface area contributed by atoms with Gasteiger partial charge in [-0.1, -0.05) is 6.42 Å². The van der Waals surface area contributed by atoms with Crippen LogP contribution in [0.3, 0.4) is 0 Å². The van der Waals surface area contributed by atoms with Crippen molar-refractivity contribution in [1.82, 2.24) is 4.72 Å². The molecule has 0 spiro atoms. The molecule has 1 fully saturated rings. The van der Waals surface area contributed by atoms with Crippen LogP contribution >= 0.6 is 0 Å². The fourth-order valence-electron chi connectivity index (χ4n) is 1.88. The molecule has 1 aliphatic rings. The molecule has 7 heteroatoms. The minimum absolute atomic E-state index is 0.153. The lowest BCUT2D eigenvalue weighted by Crippen LogP contribution is -2.39. The lowest BCUT2D eigenvalue weighted by Gasteiger charge is -2.26. The van der Waals surface area contributed by atoms with Crippen LogP contribution in [-0.2, 0) is 16.2 Å². The number of sulfonamides is 1. The highest BCUT2D eigenvalue weighted by atomic mass is 32.2. The number of hydrogen-bond acceptors (Lipinski definition) is 2. The van der Waals surface area contributed by atoms with E-state index in [2.05, 4.69) is 4.72 Å². The van der Waals surface area contributed by atoms with Crippen LogP contribution in [-0.4, -0.2) is 14.5 Å². The van der Waals surface area contributed by atoms with Crippen molar-refractivity contribution in [2.75, 3.05) is 0 Å². The number of halogens is 3. The first-order valence-corrected chi connectivity index (χ1v) is 7.38. The van der Waals surface area contributed by atoms with Gasteiger partial charge < -0.3 is 0 Å². The van der Waals surface area contributed by atoms with Crippen LogP contribution in [0.2, 0.25) is 0 Å². The SMILES string of the molecule is Cc1cc(C(F)(F)F)cc(S(=O)(=O)NC2CCC2)c1. The van der Waals surface area contributed by atoms with E-state index >= 15 is 0 Å². The molecular formula is C12H14F3NO2S. The van der Waals surface area contributed by atoms with Crippen LogP contribution in [0.5, 0.6) is 0 Å². The summed E-state index contributed by atoms with van der Waals surface area (Å²) in [6.07, 6.45) is -2.14. The summed E-state index contributed by atoms with van der Waals surface area (Å²) in [4.78, 5) is -0.327. The molecular weight excluding hydrogens is 279 g/mol. The number of rotatable bonds is 3. The zero-order valence-electron chi connectivity index (χ0n) is 10.3.